The normalized spacial score (nSPS) is 11.2. The molecule has 0 fully saturated rings. The minimum Gasteiger partial charge on any atom is -0.331 e. The Kier molecular flexibility index (Phi) is 4.60. The Hall–Kier alpha value is -0.770. The average molecular weight is 197 g/mol. The van der Waals surface area contributed by atoms with Crippen LogP contribution in [0.25, 0.3) is 0 Å². The third-order valence-corrected chi connectivity index (χ3v) is 2.31. The van der Waals surface area contributed by atoms with Crippen molar-refractivity contribution in [3.63, 3.8) is 0 Å². The second-order valence-corrected chi connectivity index (χ2v) is 3.59. The molecule has 1 aromatic rings. The van der Waals surface area contributed by atoms with Crippen LogP contribution in [0.3, 0.4) is 0 Å². The lowest BCUT2D eigenvalue weighted by molar-refractivity contribution is 0.755. The zero-order valence-electron chi connectivity index (χ0n) is 8.10. The molecule has 72 valence electrons. The standard InChI is InChI=1S/C9H15N3S/c1-3-12-6-4-11-9(12)8-10-5-7-13-2/h4,6,8H,3,5,7H2,1-2H3/b10-8+. The fraction of sp³-hybridized carbons (Fsp3) is 0.556. The van der Waals surface area contributed by atoms with E-state index in [0.717, 1.165) is 24.7 Å². The second kappa shape index (κ2) is 5.80. The van der Waals surface area contributed by atoms with Crippen LogP contribution in [0.1, 0.15) is 12.7 Å². The highest BCUT2D eigenvalue weighted by atomic mass is 32.2. The molecule has 0 aliphatic carbocycles. The van der Waals surface area contributed by atoms with Gasteiger partial charge in [0.15, 0.2) is 5.82 Å². The molecule has 0 saturated heterocycles. The van der Waals surface area contributed by atoms with E-state index in [-0.39, 0.29) is 0 Å². The van der Waals surface area contributed by atoms with E-state index in [1.807, 2.05) is 24.2 Å². The summed E-state index contributed by atoms with van der Waals surface area (Å²) in [4.78, 5) is 8.47. The van der Waals surface area contributed by atoms with Gasteiger partial charge in [0.25, 0.3) is 0 Å². The summed E-state index contributed by atoms with van der Waals surface area (Å²) in [6, 6.07) is 0. The third kappa shape index (κ3) is 3.22. The van der Waals surface area contributed by atoms with Gasteiger partial charge in [-0.2, -0.15) is 11.8 Å². The summed E-state index contributed by atoms with van der Waals surface area (Å²) >= 11 is 1.81. The first-order chi connectivity index (χ1) is 6.38. The number of aromatic nitrogens is 2. The number of hydrogen-bond acceptors (Lipinski definition) is 3. The van der Waals surface area contributed by atoms with Crippen molar-refractivity contribution in [2.24, 2.45) is 4.99 Å². The molecule has 0 aromatic carbocycles. The van der Waals surface area contributed by atoms with E-state index in [1.165, 1.54) is 0 Å². The van der Waals surface area contributed by atoms with Gasteiger partial charge in [0.05, 0.1) is 6.21 Å². The molecule has 0 atom stereocenters. The number of thioether (sulfide) groups is 1. The molecule has 0 aliphatic rings. The minimum absolute atomic E-state index is 0.873. The summed E-state index contributed by atoms with van der Waals surface area (Å²) < 4.78 is 2.07. The monoisotopic (exact) mass is 197 g/mol. The maximum atomic E-state index is 4.28. The number of aliphatic imine (C=N–C) groups is 1. The average Bonchev–Trinajstić information content (AvgIpc) is 2.60. The van der Waals surface area contributed by atoms with Crippen molar-refractivity contribution in [3.8, 4) is 0 Å². The Bertz CT molecular complexity index is 268. The number of hydrogen-bond donors (Lipinski definition) is 0. The molecule has 3 nitrogen and oxygen atoms in total. The number of aryl methyl sites for hydroxylation is 1. The maximum absolute atomic E-state index is 4.28. The molecule has 0 N–H and O–H groups in total. The van der Waals surface area contributed by atoms with Gasteiger partial charge in [0.1, 0.15) is 0 Å². The molecule has 4 heteroatoms. The molecule has 0 amide bonds. The summed E-state index contributed by atoms with van der Waals surface area (Å²) in [6.45, 7) is 3.92. The molecule has 1 aromatic heterocycles. The zero-order valence-corrected chi connectivity index (χ0v) is 8.92. The summed E-state index contributed by atoms with van der Waals surface area (Å²) in [6.07, 6.45) is 7.71. The predicted molar refractivity (Wildman–Crippen MR) is 58.7 cm³/mol. The van der Waals surface area contributed by atoms with Gasteiger partial charge in [0, 0.05) is 31.2 Å². The maximum Gasteiger partial charge on any atom is 0.150 e. The van der Waals surface area contributed by atoms with Crippen LogP contribution in [0.2, 0.25) is 0 Å². The van der Waals surface area contributed by atoms with Crippen molar-refractivity contribution in [2.45, 2.75) is 13.5 Å². The first kappa shape index (κ1) is 10.3. The van der Waals surface area contributed by atoms with Crippen LogP contribution in [-0.4, -0.2) is 34.3 Å². The minimum atomic E-state index is 0.873. The molecular weight excluding hydrogens is 182 g/mol. The van der Waals surface area contributed by atoms with Gasteiger partial charge in [0.2, 0.25) is 0 Å². The Morgan fingerprint density at radius 3 is 3.23 bits per heavy atom. The summed E-state index contributed by atoms with van der Waals surface area (Å²) in [5.74, 6) is 2.02. The van der Waals surface area contributed by atoms with E-state index < -0.39 is 0 Å². The highest BCUT2D eigenvalue weighted by Gasteiger charge is 1.94. The first-order valence-corrected chi connectivity index (χ1v) is 5.77. The lowest BCUT2D eigenvalue weighted by Gasteiger charge is -1.97. The van der Waals surface area contributed by atoms with Crippen molar-refractivity contribution in [1.29, 1.82) is 0 Å². The second-order valence-electron chi connectivity index (χ2n) is 2.60. The van der Waals surface area contributed by atoms with Gasteiger partial charge >= 0.3 is 0 Å². The van der Waals surface area contributed by atoms with Gasteiger partial charge in [-0.15, -0.1) is 0 Å². The Labute approximate surface area is 83.3 Å². The highest BCUT2D eigenvalue weighted by Crippen LogP contribution is 1.94. The van der Waals surface area contributed by atoms with E-state index in [0.29, 0.717) is 0 Å². The lowest BCUT2D eigenvalue weighted by Crippen LogP contribution is -2.00. The van der Waals surface area contributed by atoms with Gasteiger partial charge < -0.3 is 4.57 Å². The fourth-order valence-electron chi connectivity index (χ4n) is 1.01. The molecular formula is C9H15N3S. The highest BCUT2D eigenvalue weighted by molar-refractivity contribution is 7.98. The SMILES string of the molecule is CCn1ccnc1/C=N/CCSC. The van der Waals surface area contributed by atoms with E-state index in [9.17, 15) is 0 Å². The Balaban J connectivity index is 2.47. The van der Waals surface area contributed by atoms with Crippen LogP contribution in [-0.2, 0) is 6.54 Å². The summed E-state index contributed by atoms with van der Waals surface area (Å²) in [5, 5.41) is 0. The first-order valence-electron chi connectivity index (χ1n) is 4.38. The Morgan fingerprint density at radius 2 is 2.54 bits per heavy atom. The Morgan fingerprint density at radius 1 is 1.69 bits per heavy atom. The van der Waals surface area contributed by atoms with E-state index in [1.54, 1.807) is 6.20 Å². The van der Waals surface area contributed by atoms with Crippen molar-refractivity contribution in [1.82, 2.24) is 9.55 Å². The molecule has 0 radical (unpaired) electrons. The lowest BCUT2D eigenvalue weighted by atomic mass is 10.6. The predicted octanol–water partition coefficient (Wildman–Crippen LogP) is 1.68. The molecule has 1 rings (SSSR count). The van der Waals surface area contributed by atoms with Crippen molar-refractivity contribution >= 4 is 18.0 Å². The van der Waals surface area contributed by atoms with E-state index >= 15 is 0 Å². The van der Waals surface area contributed by atoms with Crippen LogP contribution >= 0.6 is 11.8 Å². The molecule has 1 heterocycles. The molecule has 0 saturated carbocycles. The van der Waals surface area contributed by atoms with Crippen molar-refractivity contribution in [2.75, 3.05) is 18.6 Å². The molecule has 0 bridgehead atoms. The van der Waals surface area contributed by atoms with Crippen LogP contribution in [0.5, 0.6) is 0 Å². The third-order valence-electron chi connectivity index (χ3n) is 1.72. The topological polar surface area (TPSA) is 30.2 Å². The number of rotatable bonds is 5. The van der Waals surface area contributed by atoms with Crippen LogP contribution < -0.4 is 0 Å². The zero-order chi connectivity index (χ0) is 9.52. The van der Waals surface area contributed by atoms with Crippen LogP contribution in [0, 0.1) is 0 Å². The number of imidazole rings is 1. The fourth-order valence-corrected chi connectivity index (χ4v) is 1.29. The molecule has 0 unspecified atom stereocenters. The smallest absolute Gasteiger partial charge is 0.150 e. The molecule has 0 spiro atoms. The summed E-state index contributed by atoms with van der Waals surface area (Å²) in [7, 11) is 0. The van der Waals surface area contributed by atoms with Crippen molar-refractivity contribution < 1.29 is 0 Å². The quantitative estimate of drug-likeness (QED) is 0.531. The van der Waals surface area contributed by atoms with Crippen molar-refractivity contribution in [3.05, 3.63) is 18.2 Å². The number of nitrogens with zero attached hydrogens (tertiary/aromatic N) is 3. The van der Waals surface area contributed by atoms with Gasteiger partial charge in [-0.1, -0.05) is 0 Å². The molecule has 0 aliphatic heterocycles. The summed E-state index contributed by atoms with van der Waals surface area (Å²) in [5.41, 5.74) is 0. The van der Waals surface area contributed by atoms with Gasteiger partial charge in [-0.25, -0.2) is 4.98 Å². The van der Waals surface area contributed by atoms with E-state index in [4.69, 9.17) is 0 Å². The van der Waals surface area contributed by atoms with Gasteiger partial charge in [-0.3, -0.25) is 4.99 Å². The largest absolute Gasteiger partial charge is 0.331 e. The van der Waals surface area contributed by atoms with Crippen LogP contribution in [0.4, 0.5) is 0 Å². The van der Waals surface area contributed by atoms with Gasteiger partial charge in [-0.05, 0) is 13.2 Å². The van der Waals surface area contributed by atoms with Crippen LogP contribution in [0.15, 0.2) is 17.4 Å². The molecule has 13 heavy (non-hydrogen) atoms. The van der Waals surface area contributed by atoms with E-state index in [2.05, 4.69) is 27.7 Å².